The van der Waals surface area contributed by atoms with Crippen LogP contribution in [0.25, 0.3) is 0 Å². The molecule has 3 aliphatic rings. The smallest absolute Gasteiger partial charge is 0.306 e. The summed E-state index contributed by atoms with van der Waals surface area (Å²) in [6.07, 6.45) is 31.8. The van der Waals surface area contributed by atoms with Crippen molar-refractivity contribution in [3.8, 4) is 0 Å². The fraction of sp³-hybridized carbons (Fsp3) is 0.828. The third-order valence-corrected chi connectivity index (χ3v) is 25.2. The molecule has 0 aliphatic carbocycles. The highest BCUT2D eigenvalue weighted by atomic mass is 16.7. The van der Waals surface area contributed by atoms with Gasteiger partial charge in [0.2, 0.25) is 29.5 Å². The number of unbranched alkanes of at least 4 members (excludes halogenated alkanes) is 29. The molecule has 15 atom stereocenters. The number of carbonyl (C=O) groups is 11. The van der Waals surface area contributed by atoms with E-state index < -0.39 is 30.4 Å². The summed E-state index contributed by atoms with van der Waals surface area (Å²) in [5.41, 5.74) is -0.440. The number of rotatable bonds is 75. The minimum absolute atomic E-state index is 0.0123. The molecule has 3 aliphatic heterocycles. The van der Waals surface area contributed by atoms with Gasteiger partial charge < -0.3 is 88.2 Å². The topological polar surface area (TPSA) is 368 Å². The summed E-state index contributed by atoms with van der Waals surface area (Å²) in [4.78, 5) is 138. The Kier molecular flexibility index (Phi) is 61.6. The first-order valence-electron chi connectivity index (χ1n) is 49.1. The molecule has 128 heavy (non-hydrogen) atoms. The lowest BCUT2D eigenvalue weighted by molar-refractivity contribution is -0.244. The summed E-state index contributed by atoms with van der Waals surface area (Å²) in [6.45, 7) is 23.4. The van der Waals surface area contributed by atoms with Crippen LogP contribution >= 0.6 is 0 Å². The van der Waals surface area contributed by atoms with E-state index in [0.29, 0.717) is 39.2 Å². The average Bonchev–Trinajstić information content (AvgIpc) is 0.815. The van der Waals surface area contributed by atoms with Crippen LogP contribution in [0.2, 0.25) is 0 Å². The van der Waals surface area contributed by atoms with Crippen LogP contribution in [0.3, 0.4) is 0 Å². The van der Waals surface area contributed by atoms with Gasteiger partial charge in [0.15, 0.2) is 18.9 Å². The van der Waals surface area contributed by atoms with Crippen molar-refractivity contribution < 1.29 is 114 Å². The number of hydrogen-bond donors (Lipinski definition) is 5. The first-order chi connectivity index (χ1) is 61.6. The molecular weight excluding hydrogens is 1640 g/mol. The maximum absolute atomic E-state index is 14.0. The number of nitrogens with one attached hydrogen (secondary N) is 5. The van der Waals surface area contributed by atoms with Gasteiger partial charge in [-0.1, -0.05) is 239 Å². The van der Waals surface area contributed by atoms with Crippen LogP contribution in [-0.2, 0) is 121 Å². The summed E-state index contributed by atoms with van der Waals surface area (Å²) in [5, 5.41) is 15.2. The van der Waals surface area contributed by atoms with Gasteiger partial charge in [0.25, 0.3) is 0 Å². The van der Waals surface area contributed by atoms with E-state index in [9.17, 15) is 52.7 Å². The minimum atomic E-state index is -1.29. The number of esters is 4. The lowest BCUT2D eigenvalue weighted by Crippen LogP contribution is -2.58. The van der Waals surface area contributed by atoms with Crippen molar-refractivity contribution in [3.63, 3.8) is 0 Å². The predicted octanol–water partition coefficient (Wildman–Crippen LogP) is 15.7. The molecule has 3 saturated heterocycles. The second-order valence-electron chi connectivity index (χ2n) is 36.5. The van der Waals surface area contributed by atoms with Crippen molar-refractivity contribution in [2.75, 3.05) is 85.8 Å². The van der Waals surface area contributed by atoms with Crippen LogP contribution < -0.4 is 26.6 Å². The fourth-order valence-corrected chi connectivity index (χ4v) is 16.8. The van der Waals surface area contributed by atoms with E-state index >= 15 is 0 Å². The first kappa shape index (κ1) is 114. The van der Waals surface area contributed by atoms with Crippen LogP contribution in [-0.4, -0.2) is 212 Å². The molecule has 3 heterocycles. The molecule has 0 bridgehead atoms. The van der Waals surface area contributed by atoms with Crippen LogP contribution in [0, 0.1) is 35.5 Å². The van der Waals surface area contributed by atoms with Crippen LogP contribution in [0.5, 0.6) is 0 Å². The normalized spacial score (nSPS) is 22.6. The second kappa shape index (κ2) is 69.3. The van der Waals surface area contributed by atoms with Crippen molar-refractivity contribution in [2.24, 2.45) is 35.5 Å². The largest absolute Gasteiger partial charge is 0.463 e. The Bertz CT molecular complexity index is 2970. The van der Waals surface area contributed by atoms with Crippen LogP contribution in [0.1, 0.15) is 345 Å². The molecule has 4 rings (SSSR count). The Morgan fingerprint density at radius 3 is 0.961 bits per heavy atom. The van der Waals surface area contributed by atoms with E-state index in [0.717, 1.165) is 211 Å². The summed E-state index contributed by atoms with van der Waals surface area (Å²) >= 11 is 0. The molecule has 29 heteroatoms. The summed E-state index contributed by atoms with van der Waals surface area (Å²) in [7, 11) is 0. The van der Waals surface area contributed by atoms with E-state index in [1.54, 1.807) is 0 Å². The number of amides is 5. The monoisotopic (exact) mass is 1810 g/mol. The first-order valence-corrected chi connectivity index (χ1v) is 49.1. The Morgan fingerprint density at radius 1 is 0.320 bits per heavy atom. The zero-order valence-corrected chi connectivity index (χ0v) is 80.5. The minimum Gasteiger partial charge on any atom is -0.463 e. The molecule has 1 aromatic rings. The van der Waals surface area contributed by atoms with Gasteiger partial charge in [-0.05, 0) is 86.0 Å². The van der Waals surface area contributed by atoms with Gasteiger partial charge in [-0.2, -0.15) is 0 Å². The molecule has 734 valence electrons. The fourth-order valence-electron chi connectivity index (χ4n) is 16.8. The lowest BCUT2D eigenvalue weighted by atomic mass is 9.82. The number of carbonyl (C=O) groups excluding carboxylic acids is 11. The van der Waals surface area contributed by atoms with Crippen molar-refractivity contribution in [3.05, 3.63) is 35.9 Å². The van der Waals surface area contributed by atoms with Gasteiger partial charge in [0, 0.05) is 113 Å². The van der Waals surface area contributed by atoms with Gasteiger partial charge in [-0.3, -0.25) is 52.7 Å². The molecule has 0 spiro atoms. The molecule has 1 aromatic carbocycles. The Hall–Kier alpha value is -6.57. The number of ketones is 2. The summed E-state index contributed by atoms with van der Waals surface area (Å²) in [6, 6.07) is 8.45. The van der Waals surface area contributed by atoms with Gasteiger partial charge in [0.1, 0.15) is 43.5 Å². The van der Waals surface area contributed by atoms with Crippen molar-refractivity contribution in [2.45, 2.75) is 407 Å². The Balaban J connectivity index is 1.22. The van der Waals surface area contributed by atoms with E-state index in [-0.39, 0.29) is 236 Å². The van der Waals surface area contributed by atoms with E-state index in [1.165, 1.54) is 41.5 Å². The number of ether oxygens (including phenoxy) is 13. The number of Topliss-reactive ketones (excluding diaryl/α,β-unsaturated/α-hetero) is 2. The van der Waals surface area contributed by atoms with Gasteiger partial charge >= 0.3 is 23.9 Å². The SMILES string of the molecule is CC(=O)NC1C(OCCCCCCCCCCCCCC(=O)CCOCC(COCCC(=O)CCCCCCCCCCCCCOC2OC(COC(C)=O)C(C)C(C)C2NC(C)=O)(COCCC(=O)NCCCCCCCCCCCCOC2OC(COC(C)=O)C(C)C(C)C2NC(C)=O)NC(=O)CCCC(=O)OCc2ccccc2)OC(COC(C)=O)C(C)C1C. The van der Waals surface area contributed by atoms with Crippen LogP contribution in [0.4, 0.5) is 0 Å². The lowest BCUT2D eigenvalue weighted by Gasteiger charge is -2.44. The van der Waals surface area contributed by atoms with Crippen molar-refractivity contribution in [1.82, 2.24) is 26.6 Å². The number of hydrogen-bond acceptors (Lipinski definition) is 24. The molecule has 3 fully saturated rings. The zero-order valence-electron chi connectivity index (χ0n) is 80.5. The zero-order chi connectivity index (χ0) is 93.5. The molecular formula is C99H169N5O24. The van der Waals surface area contributed by atoms with Crippen molar-refractivity contribution in [1.29, 1.82) is 0 Å². The van der Waals surface area contributed by atoms with Gasteiger partial charge in [0.05, 0.1) is 76.1 Å². The maximum Gasteiger partial charge on any atom is 0.306 e. The average molecular weight is 1810 g/mol. The molecule has 0 saturated carbocycles. The highest BCUT2D eigenvalue weighted by molar-refractivity contribution is 5.80. The summed E-state index contributed by atoms with van der Waals surface area (Å²) in [5.74, 6) is -2.04. The second-order valence-corrected chi connectivity index (χ2v) is 36.5. The quantitative estimate of drug-likeness (QED) is 0.0230. The molecule has 0 aromatic heterocycles. The van der Waals surface area contributed by atoms with Gasteiger partial charge in [-0.25, -0.2) is 0 Å². The third kappa shape index (κ3) is 52.0. The van der Waals surface area contributed by atoms with E-state index in [1.807, 2.05) is 51.1 Å². The maximum atomic E-state index is 14.0. The van der Waals surface area contributed by atoms with Crippen molar-refractivity contribution >= 4 is 65.0 Å². The molecule has 5 N–H and O–H groups in total. The molecule has 0 radical (unpaired) electrons. The number of benzene rings is 1. The Labute approximate surface area is 766 Å². The third-order valence-electron chi connectivity index (χ3n) is 25.2. The van der Waals surface area contributed by atoms with E-state index in [2.05, 4.69) is 47.4 Å². The standard InChI is InChI=1S/C99H169N5O24/c1-72-75(4)93(101-78(7)105)96(126-87(72)66-122-81(10)108)119-59-45-36-30-24-18-13-15-21-27-33-42-51-85(111)55-62-116-69-99(104-91(114)53-48-54-92(115)125-65-84-49-40-39-41-50-84,70-117-63-56-86(112)52-43-34-28-22-16-14-19-25-31-37-46-60-120-97-94(102-79(8)106)76(5)73(2)88(127-97)67-123-82(11)109)71-118-64-57-90(113)100-58-44-35-29-23-17-20-26-32-38-47-61-121-98-95(103-80(9)107)77(6)74(3)89(128-98)68-124-83(12)110/h39-41,49-50,72-77,87-89,93-98H,13-38,42-48,51-71H2,1-12H3,(H,100,113)(H,101,105)(H,102,106)(H,103,107)(H,104,114). The molecule has 29 nitrogen and oxygen atoms in total. The molecule has 5 amide bonds. The summed E-state index contributed by atoms with van der Waals surface area (Å²) < 4.78 is 77.4. The highest BCUT2D eigenvalue weighted by Crippen LogP contribution is 2.36. The van der Waals surface area contributed by atoms with Gasteiger partial charge in [-0.15, -0.1) is 0 Å². The molecule has 15 unspecified atom stereocenters. The van der Waals surface area contributed by atoms with E-state index in [4.69, 9.17) is 61.6 Å². The Morgan fingerprint density at radius 2 is 0.633 bits per heavy atom. The predicted molar refractivity (Wildman–Crippen MR) is 489 cm³/mol. The van der Waals surface area contributed by atoms with Crippen LogP contribution in [0.15, 0.2) is 30.3 Å². The highest BCUT2D eigenvalue weighted by Gasteiger charge is 2.46.